The molecule has 17 heavy (non-hydrogen) atoms. The molecule has 1 aromatic heterocycles. The number of rotatable bonds is 4. The van der Waals surface area contributed by atoms with Gasteiger partial charge in [-0.15, -0.1) is 11.3 Å². The SMILES string of the molecule is CNC(c1cccc(OC)c1)c1cc(Br)cs1. The van der Waals surface area contributed by atoms with Crippen LogP contribution < -0.4 is 10.1 Å². The Bertz CT molecular complexity index is 498. The number of nitrogens with one attached hydrogen (secondary N) is 1. The average molecular weight is 312 g/mol. The number of hydrogen-bond acceptors (Lipinski definition) is 3. The van der Waals surface area contributed by atoms with Gasteiger partial charge in [0.15, 0.2) is 0 Å². The van der Waals surface area contributed by atoms with Crippen molar-refractivity contribution in [3.05, 3.63) is 50.6 Å². The fourth-order valence-electron chi connectivity index (χ4n) is 1.77. The highest BCUT2D eigenvalue weighted by molar-refractivity contribution is 9.10. The molecular weight excluding hydrogens is 298 g/mol. The van der Waals surface area contributed by atoms with Crippen molar-refractivity contribution < 1.29 is 4.74 Å². The number of halogens is 1. The van der Waals surface area contributed by atoms with E-state index in [1.165, 1.54) is 10.4 Å². The Morgan fingerprint density at radius 1 is 1.35 bits per heavy atom. The summed E-state index contributed by atoms with van der Waals surface area (Å²) in [4.78, 5) is 1.28. The summed E-state index contributed by atoms with van der Waals surface area (Å²) in [6, 6.07) is 10.5. The maximum Gasteiger partial charge on any atom is 0.119 e. The summed E-state index contributed by atoms with van der Waals surface area (Å²) in [6.07, 6.45) is 0. The first-order valence-electron chi connectivity index (χ1n) is 5.29. The lowest BCUT2D eigenvalue weighted by Gasteiger charge is -2.15. The molecule has 0 fully saturated rings. The van der Waals surface area contributed by atoms with Gasteiger partial charge in [-0.05, 0) is 46.7 Å². The van der Waals surface area contributed by atoms with Crippen molar-refractivity contribution in [2.24, 2.45) is 0 Å². The Hall–Kier alpha value is -0.840. The van der Waals surface area contributed by atoms with E-state index in [2.05, 4.69) is 44.8 Å². The van der Waals surface area contributed by atoms with Crippen molar-refractivity contribution in [2.75, 3.05) is 14.2 Å². The highest BCUT2D eigenvalue weighted by Gasteiger charge is 2.14. The van der Waals surface area contributed by atoms with Crippen LogP contribution in [0.4, 0.5) is 0 Å². The van der Waals surface area contributed by atoms with E-state index in [0.29, 0.717) is 0 Å². The third kappa shape index (κ3) is 2.89. The van der Waals surface area contributed by atoms with Gasteiger partial charge in [-0.3, -0.25) is 0 Å². The van der Waals surface area contributed by atoms with Crippen molar-refractivity contribution >= 4 is 27.3 Å². The second-order valence-electron chi connectivity index (χ2n) is 3.67. The van der Waals surface area contributed by atoms with Gasteiger partial charge >= 0.3 is 0 Å². The van der Waals surface area contributed by atoms with E-state index in [4.69, 9.17) is 4.74 Å². The van der Waals surface area contributed by atoms with Crippen LogP contribution in [0.15, 0.2) is 40.2 Å². The lowest BCUT2D eigenvalue weighted by atomic mass is 10.1. The van der Waals surface area contributed by atoms with E-state index in [1.54, 1.807) is 18.4 Å². The maximum atomic E-state index is 5.26. The molecule has 0 aliphatic rings. The molecule has 0 radical (unpaired) electrons. The molecular formula is C13H14BrNOS. The van der Waals surface area contributed by atoms with Gasteiger partial charge in [0.1, 0.15) is 5.75 Å². The Balaban J connectivity index is 2.34. The van der Waals surface area contributed by atoms with Crippen LogP contribution in [-0.4, -0.2) is 14.2 Å². The van der Waals surface area contributed by atoms with Gasteiger partial charge in [0.05, 0.1) is 13.2 Å². The molecule has 1 heterocycles. The Morgan fingerprint density at radius 3 is 2.76 bits per heavy atom. The number of benzene rings is 1. The summed E-state index contributed by atoms with van der Waals surface area (Å²) in [5.74, 6) is 0.887. The molecule has 1 atom stereocenters. The summed E-state index contributed by atoms with van der Waals surface area (Å²) < 4.78 is 6.38. The van der Waals surface area contributed by atoms with Crippen molar-refractivity contribution in [1.29, 1.82) is 0 Å². The van der Waals surface area contributed by atoms with Gasteiger partial charge in [0.25, 0.3) is 0 Å². The van der Waals surface area contributed by atoms with Crippen molar-refractivity contribution in [1.82, 2.24) is 5.32 Å². The second kappa shape index (κ2) is 5.67. The van der Waals surface area contributed by atoms with E-state index in [-0.39, 0.29) is 6.04 Å². The molecule has 1 aromatic carbocycles. The van der Waals surface area contributed by atoms with Crippen molar-refractivity contribution in [3.8, 4) is 5.75 Å². The Labute approximate surface area is 114 Å². The van der Waals surface area contributed by atoms with Gasteiger partial charge in [0.2, 0.25) is 0 Å². The van der Waals surface area contributed by atoms with Gasteiger partial charge in [-0.25, -0.2) is 0 Å². The minimum atomic E-state index is 0.210. The van der Waals surface area contributed by atoms with Crippen molar-refractivity contribution in [2.45, 2.75) is 6.04 Å². The minimum absolute atomic E-state index is 0.210. The van der Waals surface area contributed by atoms with Crippen LogP contribution >= 0.6 is 27.3 Å². The summed E-state index contributed by atoms with van der Waals surface area (Å²) in [7, 11) is 3.66. The first-order chi connectivity index (χ1) is 8.24. The number of hydrogen-bond donors (Lipinski definition) is 1. The second-order valence-corrected chi connectivity index (χ2v) is 5.52. The lowest BCUT2D eigenvalue weighted by molar-refractivity contribution is 0.414. The van der Waals surface area contributed by atoms with E-state index in [1.807, 2.05) is 19.2 Å². The Kier molecular flexibility index (Phi) is 4.20. The van der Waals surface area contributed by atoms with Crippen LogP contribution in [0.5, 0.6) is 5.75 Å². The first-order valence-corrected chi connectivity index (χ1v) is 6.97. The normalized spacial score (nSPS) is 12.4. The predicted octanol–water partition coefficient (Wildman–Crippen LogP) is 3.83. The van der Waals surface area contributed by atoms with Crippen molar-refractivity contribution in [3.63, 3.8) is 0 Å². The fraction of sp³-hybridized carbons (Fsp3) is 0.231. The smallest absolute Gasteiger partial charge is 0.119 e. The monoisotopic (exact) mass is 311 g/mol. The van der Waals surface area contributed by atoms with E-state index in [9.17, 15) is 0 Å². The molecule has 90 valence electrons. The highest BCUT2D eigenvalue weighted by atomic mass is 79.9. The van der Waals surface area contributed by atoms with Crippen LogP contribution in [0.3, 0.4) is 0 Å². The average Bonchev–Trinajstić information content (AvgIpc) is 2.77. The topological polar surface area (TPSA) is 21.3 Å². The number of thiophene rings is 1. The molecule has 2 nitrogen and oxygen atoms in total. The highest BCUT2D eigenvalue weighted by Crippen LogP contribution is 2.31. The largest absolute Gasteiger partial charge is 0.497 e. The number of ether oxygens (including phenoxy) is 1. The summed E-state index contributed by atoms with van der Waals surface area (Å²) in [5, 5.41) is 5.43. The molecule has 1 N–H and O–H groups in total. The zero-order valence-electron chi connectivity index (χ0n) is 9.74. The van der Waals surface area contributed by atoms with Crippen LogP contribution in [0.1, 0.15) is 16.5 Å². The van der Waals surface area contributed by atoms with Crippen LogP contribution in [0.25, 0.3) is 0 Å². The molecule has 2 rings (SSSR count). The van der Waals surface area contributed by atoms with Gasteiger partial charge < -0.3 is 10.1 Å². The summed E-state index contributed by atoms with van der Waals surface area (Å²) >= 11 is 5.23. The molecule has 1 unspecified atom stereocenters. The quantitative estimate of drug-likeness (QED) is 0.926. The summed E-state index contributed by atoms with van der Waals surface area (Å²) in [6.45, 7) is 0. The minimum Gasteiger partial charge on any atom is -0.497 e. The van der Waals surface area contributed by atoms with E-state index < -0.39 is 0 Å². The van der Waals surface area contributed by atoms with Gasteiger partial charge in [-0.2, -0.15) is 0 Å². The van der Waals surface area contributed by atoms with Gasteiger partial charge in [-0.1, -0.05) is 12.1 Å². The molecule has 4 heteroatoms. The Morgan fingerprint density at radius 2 is 2.18 bits per heavy atom. The van der Waals surface area contributed by atoms with E-state index in [0.717, 1.165) is 10.2 Å². The zero-order valence-corrected chi connectivity index (χ0v) is 12.1. The fourth-order valence-corrected chi connectivity index (χ4v) is 3.35. The molecule has 0 saturated heterocycles. The molecule has 0 aliphatic carbocycles. The third-order valence-electron chi connectivity index (χ3n) is 2.59. The first kappa shape index (κ1) is 12.6. The molecule has 0 aliphatic heterocycles. The maximum absolute atomic E-state index is 5.26. The standard InChI is InChI=1S/C13H14BrNOS/c1-15-13(12-7-10(14)8-17-12)9-4-3-5-11(6-9)16-2/h3-8,13,15H,1-2H3. The zero-order chi connectivity index (χ0) is 12.3. The summed E-state index contributed by atoms with van der Waals surface area (Å²) in [5.41, 5.74) is 1.21. The predicted molar refractivity (Wildman–Crippen MR) is 75.9 cm³/mol. The number of methoxy groups -OCH3 is 1. The molecule has 0 spiro atoms. The van der Waals surface area contributed by atoms with Crippen LogP contribution in [0.2, 0.25) is 0 Å². The van der Waals surface area contributed by atoms with Crippen LogP contribution in [-0.2, 0) is 0 Å². The van der Waals surface area contributed by atoms with E-state index >= 15 is 0 Å². The lowest BCUT2D eigenvalue weighted by Crippen LogP contribution is -2.16. The molecule has 0 amide bonds. The van der Waals surface area contributed by atoms with Gasteiger partial charge in [0, 0.05) is 14.7 Å². The van der Waals surface area contributed by atoms with Crippen LogP contribution in [0, 0.1) is 0 Å². The third-order valence-corrected chi connectivity index (χ3v) is 4.35. The molecule has 2 aromatic rings. The molecule has 0 saturated carbocycles. The molecule has 0 bridgehead atoms.